The molecule has 0 aliphatic carbocycles. The van der Waals surface area contributed by atoms with Gasteiger partial charge in [-0.25, -0.2) is 8.42 Å². The number of aryl methyl sites for hydroxylation is 1. The standard InChI is InChI=1S/C21H38N4O3S/c1-8-15(3)24(16(4)9-2)21(26)13-23(7)12-20-17(5)22-25(18(20)6)19-10-11-29(27,28)14-19/h15-16,19H,8-14H2,1-7H3/t15-,16-,19-/m1/s1. The molecule has 1 saturated heterocycles. The molecule has 7 nitrogen and oxygen atoms in total. The molecule has 166 valence electrons. The van der Waals surface area contributed by atoms with Crippen LogP contribution in [0, 0.1) is 13.8 Å². The van der Waals surface area contributed by atoms with E-state index in [0.717, 1.165) is 29.8 Å². The second-order valence-electron chi connectivity index (χ2n) is 8.64. The highest BCUT2D eigenvalue weighted by Crippen LogP contribution is 2.27. The molecule has 3 atom stereocenters. The van der Waals surface area contributed by atoms with Crippen LogP contribution in [-0.4, -0.2) is 71.1 Å². The minimum atomic E-state index is -2.96. The number of carbonyl (C=O) groups excluding carboxylic acids is 1. The number of sulfone groups is 1. The number of rotatable bonds is 9. The maximum Gasteiger partial charge on any atom is 0.237 e. The zero-order chi connectivity index (χ0) is 21.9. The van der Waals surface area contributed by atoms with Gasteiger partial charge >= 0.3 is 0 Å². The molecule has 0 spiro atoms. The molecule has 1 aromatic heterocycles. The van der Waals surface area contributed by atoms with E-state index in [1.807, 2.05) is 35.4 Å². The smallest absolute Gasteiger partial charge is 0.237 e. The molecular formula is C21H38N4O3S. The largest absolute Gasteiger partial charge is 0.336 e. The zero-order valence-corrected chi connectivity index (χ0v) is 19.9. The molecule has 1 aliphatic heterocycles. The van der Waals surface area contributed by atoms with Crippen molar-refractivity contribution in [3.63, 3.8) is 0 Å². The van der Waals surface area contributed by atoms with Gasteiger partial charge in [0.25, 0.3) is 0 Å². The van der Waals surface area contributed by atoms with Gasteiger partial charge in [-0.2, -0.15) is 5.10 Å². The van der Waals surface area contributed by atoms with Gasteiger partial charge < -0.3 is 4.90 Å². The third-order valence-corrected chi connectivity index (χ3v) is 8.03. The van der Waals surface area contributed by atoms with Crippen molar-refractivity contribution in [3.8, 4) is 0 Å². The van der Waals surface area contributed by atoms with Gasteiger partial charge in [-0.1, -0.05) is 13.8 Å². The van der Waals surface area contributed by atoms with Crippen LogP contribution in [0.5, 0.6) is 0 Å². The number of likely N-dealkylation sites (N-methyl/N-ethyl adjacent to an activating group) is 1. The fraction of sp³-hybridized carbons (Fsp3) is 0.810. The Hall–Kier alpha value is -1.41. The van der Waals surface area contributed by atoms with Crippen LogP contribution in [0.4, 0.5) is 0 Å². The van der Waals surface area contributed by atoms with E-state index in [1.165, 1.54) is 0 Å². The van der Waals surface area contributed by atoms with Gasteiger partial charge in [0.15, 0.2) is 9.84 Å². The fourth-order valence-electron chi connectivity index (χ4n) is 4.21. The van der Waals surface area contributed by atoms with E-state index in [4.69, 9.17) is 0 Å². The van der Waals surface area contributed by atoms with E-state index in [1.54, 1.807) is 0 Å². The third-order valence-electron chi connectivity index (χ3n) is 6.28. The quantitative estimate of drug-likeness (QED) is 0.607. The molecular weight excluding hydrogens is 388 g/mol. The van der Waals surface area contributed by atoms with Gasteiger partial charge in [0.2, 0.25) is 5.91 Å². The Labute approximate surface area is 176 Å². The molecule has 0 N–H and O–H groups in total. The SMILES string of the molecule is CC[C@@H](C)N(C(=O)CN(C)Cc1c(C)nn([C@@H]2CCS(=O)(=O)C2)c1C)[C@H](C)CC. The second kappa shape index (κ2) is 9.60. The van der Waals surface area contributed by atoms with Crippen LogP contribution in [0.1, 0.15) is 70.0 Å². The summed E-state index contributed by atoms with van der Waals surface area (Å²) in [6.07, 6.45) is 2.50. The predicted molar refractivity (Wildman–Crippen MR) is 117 cm³/mol. The van der Waals surface area contributed by atoms with Crippen molar-refractivity contribution in [2.45, 2.75) is 85.5 Å². The van der Waals surface area contributed by atoms with Crippen LogP contribution in [-0.2, 0) is 21.2 Å². The van der Waals surface area contributed by atoms with Gasteiger partial charge in [0.1, 0.15) is 0 Å². The zero-order valence-electron chi connectivity index (χ0n) is 19.1. The highest BCUT2D eigenvalue weighted by molar-refractivity contribution is 7.91. The van der Waals surface area contributed by atoms with E-state index >= 15 is 0 Å². The molecule has 29 heavy (non-hydrogen) atoms. The van der Waals surface area contributed by atoms with E-state index in [-0.39, 0.29) is 35.5 Å². The van der Waals surface area contributed by atoms with Gasteiger partial charge in [-0.3, -0.25) is 14.4 Å². The first kappa shape index (κ1) is 23.9. The first-order chi connectivity index (χ1) is 13.5. The van der Waals surface area contributed by atoms with Gasteiger partial charge in [-0.05, 0) is 54.0 Å². The lowest BCUT2D eigenvalue weighted by Gasteiger charge is -2.35. The number of nitrogens with zero attached hydrogens (tertiary/aromatic N) is 4. The average molecular weight is 427 g/mol. The van der Waals surface area contributed by atoms with Crippen LogP contribution < -0.4 is 0 Å². The van der Waals surface area contributed by atoms with Crippen LogP contribution in [0.15, 0.2) is 0 Å². The highest BCUT2D eigenvalue weighted by Gasteiger charge is 2.32. The molecule has 1 amide bonds. The Morgan fingerprint density at radius 2 is 1.79 bits per heavy atom. The minimum absolute atomic E-state index is 0.0781. The summed E-state index contributed by atoms with van der Waals surface area (Å²) in [7, 11) is -0.997. The Kier molecular flexibility index (Phi) is 7.90. The third kappa shape index (κ3) is 5.60. The van der Waals surface area contributed by atoms with Crippen molar-refractivity contribution in [1.82, 2.24) is 19.6 Å². The Balaban J connectivity index is 2.10. The van der Waals surface area contributed by atoms with E-state index in [0.29, 0.717) is 19.5 Å². The first-order valence-corrected chi connectivity index (χ1v) is 12.6. The molecule has 0 unspecified atom stereocenters. The molecule has 0 radical (unpaired) electrons. The molecule has 8 heteroatoms. The van der Waals surface area contributed by atoms with Crippen LogP contribution >= 0.6 is 0 Å². The summed E-state index contributed by atoms with van der Waals surface area (Å²) in [6.45, 7) is 13.4. The summed E-state index contributed by atoms with van der Waals surface area (Å²) in [5, 5.41) is 4.64. The molecule has 2 heterocycles. The van der Waals surface area contributed by atoms with E-state index < -0.39 is 9.84 Å². The number of aromatic nitrogens is 2. The van der Waals surface area contributed by atoms with Gasteiger partial charge in [-0.15, -0.1) is 0 Å². The van der Waals surface area contributed by atoms with Crippen molar-refractivity contribution in [2.75, 3.05) is 25.1 Å². The predicted octanol–water partition coefficient (Wildman–Crippen LogP) is 2.72. The van der Waals surface area contributed by atoms with Crippen molar-refractivity contribution in [2.24, 2.45) is 0 Å². The monoisotopic (exact) mass is 426 g/mol. The maximum absolute atomic E-state index is 13.0. The Morgan fingerprint density at radius 1 is 1.21 bits per heavy atom. The lowest BCUT2D eigenvalue weighted by molar-refractivity contribution is -0.136. The molecule has 0 bridgehead atoms. The molecule has 1 aromatic rings. The summed E-state index contributed by atoms with van der Waals surface area (Å²) in [4.78, 5) is 17.0. The van der Waals surface area contributed by atoms with Crippen LogP contribution in [0.3, 0.4) is 0 Å². The molecule has 0 saturated carbocycles. The first-order valence-electron chi connectivity index (χ1n) is 10.7. The van der Waals surface area contributed by atoms with Crippen molar-refractivity contribution in [1.29, 1.82) is 0 Å². The summed E-state index contributed by atoms with van der Waals surface area (Å²) in [6, 6.07) is 0.369. The number of amides is 1. The molecule has 1 fully saturated rings. The summed E-state index contributed by atoms with van der Waals surface area (Å²) in [5.74, 6) is 0.559. The molecule has 1 aliphatic rings. The summed E-state index contributed by atoms with van der Waals surface area (Å²) >= 11 is 0. The van der Waals surface area contributed by atoms with Crippen molar-refractivity contribution >= 4 is 15.7 Å². The second-order valence-corrected chi connectivity index (χ2v) is 10.9. The summed E-state index contributed by atoms with van der Waals surface area (Å²) < 4.78 is 25.6. The topological polar surface area (TPSA) is 75.5 Å². The highest BCUT2D eigenvalue weighted by atomic mass is 32.2. The van der Waals surface area contributed by atoms with Crippen LogP contribution in [0.25, 0.3) is 0 Å². The molecule has 2 rings (SSSR count). The van der Waals surface area contributed by atoms with E-state index in [9.17, 15) is 13.2 Å². The maximum atomic E-state index is 13.0. The normalized spacial score (nSPS) is 20.8. The lowest BCUT2D eigenvalue weighted by Crippen LogP contribution is -2.48. The number of hydrogen-bond donors (Lipinski definition) is 0. The van der Waals surface area contributed by atoms with Gasteiger partial charge in [0.05, 0.1) is 29.8 Å². The van der Waals surface area contributed by atoms with E-state index in [2.05, 4.69) is 32.8 Å². The Bertz CT molecular complexity index is 808. The average Bonchev–Trinajstić information content (AvgIpc) is 3.14. The number of hydrogen-bond acceptors (Lipinski definition) is 5. The van der Waals surface area contributed by atoms with Crippen molar-refractivity contribution < 1.29 is 13.2 Å². The Morgan fingerprint density at radius 3 is 2.28 bits per heavy atom. The van der Waals surface area contributed by atoms with Gasteiger partial charge in [0, 0.05) is 29.9 Å². The van der Waals surface area contributed by atoms with Crippen LogP contribution in [0.2, 0.25) is 0 Å². The molecule has 0 aromatic carbocycles. The summed E-state index contributed by atoms with van der Waals surface area (Å²) in [5.41, 5.74) is 3.00. The van der Waals surface area contributed by atoms with Crippen molar-refractivity contribution in [3.05, 3.63) is 17.0 Å². The number of carbonyl (C=O) groups is 1. The fourth-order valence-corrected chi connectivity index (χ4v) is 5.90. The lowest BCUT2D eigenvalue weighted by atomic mass is 10.1. The minimum Gasteiger partial charge on any atom is -0.336 e.